The Hall–Kier alpha value is -2.09. The standard InChI is InChI=1S/C13H19N3O4S/c1-3-21(19,20)7-8(2)16-11-5-9(12(14)17)4-10(6-11)13(15)18/h4-6,8,16H,3,7H2,1-2H3,(H2,14,17)(H2,15,18). The summed E-state index contributed by atoms with van der Waals surface area (Å²) in [6.07, 6.45) is 0. The van der Waals surface area contributed by atoms with Gasteiger partial charge >= 0.3 is 0 Å². The molecule has 0 aromatic heterocycles. The molecular formula is C13H19N3O4S. The van der Waals surface area contributed by atoms with E-state index in [1.807, 2.05) is 0 Å². The fourth-order valence-electron chi connectivity index (χ4n) is 1.82. The van der Waals surface area contributed by atoms with Crippen molar-refractivity contribution in [3.8, 4) is 0 Å². The number of hydrogen-bond acceptors (Lipinski definition) is 5. The van der Waals surface area contributed by atoms with Crippen molar-refractivity contribution in [3.05, 3.63) is 29.3 Å². The number of hydrogen-bond donors (Lipinski definition) is 3. The second kappa shape index (κ2) is 6.57. The van der Waals surface area contributed by atoms with Crippen molar-refractivity contribution >= 4 is 27.3 Å². The van der Waals surface area contributed by atoms with Crippen LogP contribution in [0.25, 0.3) is 0 Å². The third-order valence-corrected chi connectivity index (χ3v) is 4.75. The van der Waals surface area contributed by atoms with Crippen LogP contribution in [0, 0.1) is 0 Å². The molecule has 1 rings (SSSR count). The minimum atomic E-state index is -3.14. The van der Waals surface area contributed by atoms with Gasteiger partial charge in [0.25, 0.3) is 0 Å². The smallest absolute Gasteiger partial charge is 0.248 e. The lowest BCUT2D eigenvalue weighted by Gasteiger charge is -2.16. The molecule has 0 bridgehead atoms. The van der Waals surface area contributed by atoms with Gasteiger partial charge in [-0.1, -0.05) is 6.92 Å². The molecule has 7 nitrogen and oxygen atoms in total. The van der Waals surface area contributed by atoms with Crippen molar-refractivity contribution in [1.29, 1.82) is 0 Å². The number of carbonyl (C=O) groups is 2. The van der Waals surface area contributed by atoms with Gasteiger partial charge in [-0.15, -0.1) is 0 Å². The first-order valence-electron chi connectivity index (χ1n) is 6.36. The monoisotopic (exact) mass is 313 g/mol. The normalized spacial score (nSPS) is 12.7. The lowest BCUT2D eigenvalue weighted by molar-refractivity contribution is 0.0999. The van der Waals surface area contributed by atoms with Crippen molar-refractivity contribution in [2.75, 3.05) is 16.8 Å². The number of benzene rings is 1. The van der Waals surface area contributed by atoms with Crippen molar-refractivity contribution in [3.63, 3.8) is 0 Å². The first-order chi connectivity index (χ1) is 9.64. The highest BCUT2D eigenvalue weighted by atomic mass is 32.2. The quantitative estimate of drug-likeness (QED) is 0.657. The lowest BCUT2D eigenvalue weighted by atomic mass is 10.1. The SMILES string of the molecule is CCS(=O)(=O)CC(C)Nc1cc(C(N)=O)cc(C(N)=O)c1. The Balaban J connectivity index is 3.02. The van der Waals surface area contributed by atoms with E-state index in [4.69, 9.17) is 11.5 Å². The Morgan fingerprint density at radius 2 is 1.62 bits per heavy atom. The number of rotatable bonds is 7. The van der Waals surface area contributed by atoms with Crippen LogP contribution >= 0.6 is 0 Å². The number of nitrogens with one attached hydrogen (secondary N) is 1. The highest BCUT2D eigenvalue weighted by Gasteiger charge is 2.15. The molecule has 1 aromatic rings. The number of carbonyl (C=O) groups excluding carboxylic acids is 2. The molecule has 21 heavy (non-hydrogen) atoms. The molecule has 0 aliphatic carbocycles. The molecule has 2 amide bonds. The van der Waals surface area contributed by atoms with Gasteiger partial charge < -0.3 is 16.8 Å². The highest BCUT2D eigenvalue weighted by Crippen LogP contribution is 2.16. The highest BCUT2D eigenvalue weighted by molar-refractivity contribution is 7.91. The molecule has 1 unspecified atom stereocenters. The van der Waals surface area contributed by atoms with E-state index in [0.29, 0.717) is 5.69 Å². The lowest BCUT2D eigenvalue weighted by Crippen LogP contribution is -2.27. The molecule has 0 aliphatic heterocycles. The zero-order valence-electron chi connectivity index (χ0n) is 11.9. The average molecular weight is 313 g/mol. The second-order valence-electron chi connectivity index (χ2n) is 4.77. The Morgan fingerprint density at radius 1 is 1.14 bits per heavy atom. The Labute approximate surface area is 123 Å². The van der Waals surface area contributed by atoms with Crippen LogP contribution in [0.15, 0.2) is 18.2 Å². The summed E-state index contributed by atoms with van der Waals surface area (Å²) in [5.74, 6) is -1.41. The van der Waals surface area contributed by atoms with Gasteiger partial charge in [-0.2, -0.15) is 0 Å². The van der Waals surface area contributed by atoms with Crippen molar-refractivity contribution in [2.24, 2.45) is 11.5 Å². The summed E-state index contributed by atoms with van der Waals surface area (Å²) in [4.78, 5) is 22.5. The number of nitrogens with two attached hydrogens (primary N) is 2. The second-order valence-corrected chi connectivity index (χ2v) is 7.17. The Kier molecular flexibility index (Phi) is 5.31. The average Bonchev–Trinajstić information content (AvgIpc) is 2.37. The van der Waals surface area contributed by atoms with E-state index < -0.39 is 21.7 Å². The molecule has 0 fully saturated rings. The topological polar surface area (TPSA) is 132 Å². The van der Waals surface area contributed by atoms with Gasteiger partial charge in [0, 0.05) is 28.6 Å². The molecule has 0 saturated heterocycles. The molecule has 0 radical (unpaired) electrons. The maximum atomic E-state index is 11.6. The van der Waals surface area contributed by atoms with Crippen LogP contribution in [-0.4, -0.2) is 37.8 Å². The molecule has 0 saturated carbocycles. The van der Waals surface area contributed by atoms with E-state index in [9.17, 15) is 18.0 Å². The predicted octanol–water partition coefficient (Wildman–Crippen LogP) is 0.120. The minimum absolute atomic E-state index is 0.0485. The van der Waals surface area contributed by atoms with Crippen LogP contribution in [0.4, 0.5) is 5.69 Å². The van der Waals surface area contributed by atoms with Crippen molar-refractivity contribution in [2.45, 2.75) is 19.9 Å². The molecule has 5 N–H and O–H groups in total. The minimum Gasteiger partial charge on any atom is -0.382 e. The summed E-state index contributed by atoms with van der Waals surface area (Å²) >= 11 is 0. The third-order valence-electron chi connectivity index (χ3n) is 2.86. The molecule has 0 spiro atoms. The van der Waals surface area contributed by atoms with Gasteiger partial charge in [0.15, 0.2) is 9.84 Å². The molecule has 116 valence electrons. The van der Waals surface area contributed by atoms with Gasteiger partial charge in [-0.05, 0) is 25.1 Å². The fraction of sp³-hybridized carbons (Fsp3) is 0.385. The maximum absolute atomic E-state index is 11.6. The third kappa shape index (κ3) is 5.07. The summed E-state index contributed by atoms with van der Waals surface area (Å²) < 4.78 is 23.1. The summed E-state index contributed by atoms with van der Waals surface area (Å²) in [5.41, 5.74) is 11.0. The van der Waals surface area contributed by atoms with Crippen LogP contribution in [0.1, 0.15) is 34.6 Å². The summed E-state index contributed by atoms with van der Waals surface area (Å²) in [6.45, 7) is 3.26. The summed E-state index contributed by atoms with van der Waals surface area (Å²) in [6, 6.07) is 3.80. The van der Waals surface area contributed by atoms with E-state index in [1.54, 1.807) is 13.8 Å². The fourth-order valence-corrected chi connectivity index (χ4v) is 2.90. The Morgan fingerprint density at radius 3 is 2.00 bits per heavy atom. The zero-order valence-corrected chi connectivity index (χ0v) is 12.7. The van der Waals surface area contributed by atoms with Gasteiger partial charge in [0.1, 0.15) is 0 Å². The maximum Gasteiger partial charge on any atom is 0.248 e. The number of amides is 2. The van der Waals surface area contributed by atoms with Gasteiger partial charge in [-0.25, -0.2) is 8.42 Å². The van der Waals surface area contributed by atoms with Gasteiger partial charge in [-0.3, -0.25) is 9.59 Å². The largest absolute Gasteiger partial charge is 0.382 e. The predicted molar refractivity (Wildman–Crippen MR) is 80.9 cm³/mol. The van der Waals surface area contributed by atoms with E-state index >= 15 is 0 Å². The summed E-state index contributed by atoms with van der Waals surface area (Å²) in [7, 11) is -3.14. The zero-order chi connectivity index (χ0) is 16.2. The molecule has 1 aromatic carbocycles. The van der Waals surface area contributed by atoms with E-state index in [2.05, 4.69) is 5.32 Å². The molecule has 0 aliphatic rings. The number of primary amides is 2. The molecular weight excluding hydrogens is 294 g/mol. The first kappa shape index (κ1) is 17.0. The molecule has 0 heterocycles. The van der Waals surface area contributed by atoms with Crippen LogP contribution < -0.4 is 16.8 Å². The summed E-state index contributed by atoms with van der Waals surface area (Å²) in [5, 5.41) is 2.93. The van der Waals surface area contributed by atoms with Crippen LogP contribution in [0.5, 0.6) is 0 Å². The number of anilines is 1. The van der Waals surface area contributed by atoms with Gasteiger partial charge in [0.2, 0.25) is 11.8 Å². The van der Waals surface area contributed by atoms with Crippen LogP contribution in [-0.2, 0) is 9.84 Å². The van der Waals surface area contributed by atoms with Gasteiger partial charge in [0.05, 0.1) is 5.75 Å². The van der Waals surface area contributed by atoms with E-state index in [0.717, 1.165) is 0 Å². The van der Waals surface area contributed by atoms with Crippen molar-refractivity contribution in [1.82, 2.24) is 0 Å². The van der Waals surface area contributed by atoms with Crippen molar-refractivity contribution < 1.29 is 18.0 Å². The van der Waals surface area contributed by atoms with Crippen LogP contribution in [0.3, 0.4) is 0 Å². The first-order valence-corrected chi connectivity index (χ1v) is 8.18. The van der Waals surface area contributed by atoms with Crippen LogP contribution in [0.2, 0.25) is 0 Å². The molecule has 8 heteroatoms. The van der Waals surface area contributed by atoms with E-state index in [1.165, 1.54) is 18.2 Å². The van der Waals surface area contributed by atoms with E-state index in [-0.39, 0.29) is 28.7 Å². The number of sulfone groups is 1. The molecule has 1 atom stereocenters. The Bertz CT molecular complexity index is 623.